The zero-order valence-electron chi connectivity index (χ0n) is 9.26. The summed E-state index contributed by atoms with van der Waals surface area (Å²) in [6.45, 7) is 3.31. The van der Waals surface area contributed by atoms with Crippen molar-refractivity contribution >= 4 is 35.1 Å². The molecule has 17 heavy (non-hydrogen) atoms. The monoisotopic (exact) mass is 272 g/mol. The van der Waals surface area contributed by atoms with Crippen LogP contribution in [-0.2, 0) is 4.79 Å². The Balaban J connectivity index is 1.86. The molecular formula is C11H13ClN2O2S. The summed E-state index contributed by atoms with van der Waals surface area (Å²) in [5.74, 6) is 0.0986. The average molecular weight is 273 g/mol. The van der Waals surface area contributed by atoms with Gasteiger partial charge in [0.2, 0.25) is 6.41 Å². The number of piperazine rings is 1. The SMILES string of the molecule is O=CN1CCN(CC(=O)c2ccc(Cl)s2)CC1. The molecule has 0 radical (unpaired) electrons. The lowest BCUT2D eigenvalue weighted by molar-refractivity contribution is -0.119. The van der Waals surface area contributed by atoms with Gasteiger partial charge >= 0.3 is 0 Å². The van der Waals surface area contributed by atoms with Crippen LogP contribution < -0.4 is 0 Å². The molecule has 2 heterocycles. The second-order valence-corrected chi connectivity index (χ2v) is 5.66. The second kappa shape index (κ2) is 5.62. The fourth-order valence-corrected chi connectivity index (χ4v) is 2.75. The maximum absolute atomic E-state index is 11.9. The second-order valence-electron chi connectivity index (χ2n) is 3.94. The van der Waals surface area contributed by atoms with Crippen molar-refractivity contribution in [2.45, 2.75) is 0 Å². The maximum atomic E-state index is 11.9. The molecule has 0 aliphatic carbocycles. The smallest absolute Gasteiger partial charge is 0.209 e. The van der Waals surface area contributed by atoms with Crippen LogP contribution in [0.25, 0.3) is 0 Å². The van der Waals surface area contributed by atoms with Gasteiger partial charge in [-0.2, -0.15) is 0 Å². The van der Waals surface area contributed by atoms with Gasteiger partial charge in [-0.1, -0.05) is 11.6 Å². The Bertz CT molecular complexity index is 413. The van der Waals surface area contributed by atoms with Crippen LogP contribution in [0, 0.1) is 0 Å². The highest BCUT2D eigenvalue weighted by Gasteiger charge is 2.19. The number of amides is 1. The molecule has 2 rings (SSSR count). The number of carbonyl (C=O) groups excluding carboxylic acids is 2. The lowest BCUT2D eigenvalue weighted by Crippen LogP contribution is -2.47. The third-order valence-corrected chi connectivity index (χ3v) is 4.04. The summed E-state index contributed by atoms with van der Waals surface area (Å²) >= 11 is 7.10. The first-order chi connectivity index (χ1) is 8.19. The van der Waals surface area contributed by atoms with Gasteiger partial charge in [-0.05, 0) is 12.1 Å². The summed E-state index contributed by atoms with van der Waals surface area (Å²) in [5.41, 5.74) is 0. The summed E-state index contributed by atoms with van der Waals surface area (Å²) in [4.78, 5) is 26.9. The Hall–Kier alpha value is -0.910. The quantitative estimate of drug-likeness (QED) is 0.614. The molecule has 1 aliphatic heterocycles. The minimum absolute atomic E-state index is 0.0986. The van der Waals surface area contributed by atoms with Crippen molar-refractivity contribution in [2.24, 2.45) is 0 Å². The molecule has 6 heteroatoms. The van der Waals surface area contributed by atoms with Crippen molar-refractivity contribution in [1.82, 2.24) is 9.80 Å². The molecule has 1 aromatic heterocycles. The number of halogens is 1. The van der Waals surface area contributed by atoms with Gasteiger partial charge in [-0.25, -0.2) is 0 Å². The Morgan fingerprint density at radius 1 is 1.35 bits per heavy atom. The molecule has 4 nitrogen and oxygen atoms in total. The van der Waals surface area contributed by atoms with Crippen molar-refractivity contribution < 1.29 is 9.59 Å². The number of hydrogen-bond donors (Lipinski definition) is 0. The lowest BCUT2D eigenvalue weighted by atomic mass is 10.2. The van der Waals surface area contributed by atoms with Crippen LogP contribution in [0.15, 0.2) is 12.1 Å². The van der Waals surface area contributed by atoms with E-state index in [0.29, 0.717) is 28.8 Å². The highest BCUT2D eigenvalue weighted by Crippen LogP contribution is 2.22. The molecule has 0 aromatic carbocycles. The molecule has 1 aromatic rings. The zero-order chi connectivity index (χ0) is 12.3. The van der Waals surface area contributed by atoms with Crippen LogP contribution in [-0.4, -0.2) is 54.7 Å². The van der Waals surface area contributed by atoms with Crippen molar-refractivity contribution in [3.05, 3.63) is 21.3 Å². The first-order valence-corrected chi connectivity index (χ1v) is 6.59. The van der Waals surface area contributed by atoms with Gasteiger partial charge in [-0.15, -0.1) is 11.3 Å². The molecule has 0 atom stereocenters. The van der Waals surface area contributed by atoms with Gasteiger partial charge in [0.25, 0.3) is 0 Å². The molecule has 1 amide bonds. The van der Waals surface area contributed by atoms with Gasteiger partial charge < -0.3 is 4.90 Å². The molecule has 1 saturated heterocycles. The highest BCUT2D eigenvalue weighted by atomic mass is 35.5. The Morgan fingerprint density at radius 2 is 2.06 bits per heavy atom. The van der Waals surface area contributed by atoms with E-state index in [1.54, 1.807) is 17.0 Å². The first kappa shape index (κ1) is 12.5. The third kappa shape index (κ3) is 3.28. The van der Waals surface area contributed by atoms with Crippen LogP contribution >= 0.6 is 22.9 Å². The molecule has 0 N–H and O–H groups in total. The van der Waals surface area contributed by atoms with E-state index in [4.69, 9.17) is 11.6 Å². The molecule has 0 spiro atoms. The molecule has 1 fully saturated rings. The topological polar surface area (TPSA) is 40.6 Å². The molecule has 92 valence electrons. The van der Waals surface area contributed by atoms with Crippen LogP contribution in [0.3, 0.4) is 0 Å². The minimum atomic E-state index is 0.0986. The van der Waals surface area contributed by atoms with Crippen LogP contribution in [0.2, 0.25) is 4.34 Å². The van der Waals surface area contributed by atoms with Crippen molar-refractivity contribution in [1.29, 1.82) is 0 Å². The number of thiophene rings is 1. The normalized spacial score (nSPS) is 17.1. The predicted molar refractivity (Wildman–Crippen MR) is 67.7 cm³/mol. The van der Waals surface area contributed by atoms with E-state index in [-0.39, 0.29) is 5.78 Å². The number of ketones is 1. The van der Waals surface area contributed by atoms with Crippen LogP contribution in [0.4, 0.5) is 0 Å². The highest BCUT2D eigenvalue weighted by molar-refractivity contribution is 7.18. The van der Waals surface area contributed by atoms with Crippen molar-refractivity contribution in [3.63, 3.8) is 0 Å². The Morgan fingerprint density at radius 3 is 2.59 bits per heavy atom. The van der Waals surface area contributed by atoms with Crippen LogP contribution in [0.1, 0.15) is 9.67 Å². The predicted octanol–water partition coefficient (Wildman–Crippen LogP) is 1.36. The minimum Gasteiger partial charge on any atom is -0.343 e. The van der Waals surface area contributed by atoms with E-state index < -0.39 is 0 Å². The molecule has 0 unspecified atom stereocenters. The van der Waals surface area contributed by atoms with Gasteiger partial charge in [0.1, 0.15) is 0 Å². The number of rotatable bonds is 4. The summed E-state index contributed by atoms with van der Waals surface area (Å²) in [6.07, 6.45) is 0.859. The fraction of sp³-hybridized carbons (Fsp3) is 0.455. The first-order valence-electron chi connectivity index (χ1n) is 5.39. The Labute approximate surface area is 109 Å². The van der Waals surface area contributed by atoms with E-state index in [1.165, 1.54) is 11.3 Å². The van der Waals surface area contributed by atoms with E-state index in [2.05, 4.69) is 4.90 Å². The largest absolute Gasteiger partial charge is 0.343 e. The number of Topliss-reactive ketones (excluding diaryl/α,β-unsaturated/α-hetero) is 1. The van der Waals surface area contributed by atoms with E-state index in [1.807, 2.05) is 0 Å². The van der Waals surface area contributed by atoms with Gasteiger partial charge in [0.05, 0.1) is 15.8 Å². The standard InChI is InChI=1S/C11H13ClN2O2S/c12-11-2-1-10(17-11)9(16)7-13-3-5-14(8-15)6-4-13/h1-2,8H,3-7H2. The zero-order valence-corrected chi connectivity index (χ0v) is 10.8. The maximum Gasteiger partial charge on any atom is 0.209 e. The Kier molecular flexibility index (Phi) is 4.15. The van der Waals surface area contributed by atoms with Gasteiger partial charge in [0, 0.05) is 26.2 Å². The summed E-state index contributed by atoms with van der Waals surface area (Å²) < 4.78 is 0.638. The van der Waals surface area contributed by atoms with E-state index in [9.17, 15) is 9.59 Å². The molecule has 0 bridgehead atoms. The summed E-state index contributed by atoms with van der Waals surface area (Å²) in [6, 6.07) is 3.50. The summed E-state index contributed by atoms with van der Waals surface area (Å²) in [7, 11) is 0. The van der Waals surface area contributed by atoms with Crippen molar-refractivity contribution in [2.75, 3.05) is 32.7 Å². The van der Waals surface area contributed by atoms with Crippen molar-refractivity contribution in [3.8, 4) is 0 Å². The number of nitrogens with zero attached hydrogens (tertiary/aromatic N) is 2. The van der Waals surface area contributed by atoms with Crippen LogP contribution in [0.5, 0.6) is 0 Å². The van der Waals surface area contributed by atoms with E-state index in [0.717, 1.165) is 19.5 Å². The third-order valence-electron chi connectivity index (χ3n) is 2.77. The van der Waals surface area contributed by atoms with E-state index >= 15 is 0 Å². The van der Waals surface area contributed by atoms with Gasteiger partial charge in [-0.3, -0.25) is 14.5 Å². The number of hydrogen-bond acceptors (Lipinski definition) is 4. The lowest BCUT2D eigenvalue weighted by Gasteiger charge is -2.31. The van der Waals surface area contributed by atoms with Gasteiger partial charge in [0.15, 0.2) is 5.78 Å². The average Bonchev–Trinajstić information content (AvgIpc) is 2.77. The number of carbonyl (C=O) groups is 2. The summed E-state index contributed by atoms with van der Waals surface area (Å²) in [5, 5.41) is 0. The fourth-order valence-electron chi connectivity index (χ4n) is 1.77. The molecule has 1 aliphatic rings. The molecular weight excluding hydrogens is 260 g/mol. The molecule has 0 saturated carbocycles.